The Bertz CT molecular complexity index is 420. The molecule has 13 heavy (non-hydrogen) atoms. The van der Waals surface area contributed by atoms with Gasteiger partial charge in [-0.2, -0.15) is 5.10 Å². The number of rotatable bonds is 2. The second-order valence-electron chi connectivity index (χ2n) is 2.94. The number of aryl methyl sites for hydroxylation is 1. The third-order valence-corrected chi connectivity index (χ3v) is 2.20. The summed E-state index contributed by atoms with van der Waals surface area (Å²) < 4.78 is 1.84. The lowest BCUT2D eigenvalue weighted by atomic mass is 10.2. The molecule has 0 fully saturated rings. The molecule has 0 spiro atoms. The van der Waals surface area contributed by atoms with E-state index in [-0.39, 0.29) is 6.61 Å². The minimum Gasteiger partial charge on any atom is -0.390 e. The number of benzene rings is 1. The van der Waals surface area contributed by atoms with E-state index >= 15 is 0 Å². The predicted molar refractivity (Wildman–Crippen MR) is 51.3 cm³/mol. The van der Waals surface area contributed by atoms with Crippen molar-refractivity contribution in [1.29, 1.82) is 0 Å². The van der Waals surface area contributed by atoms with Crippen molar-refractivity contribution in [3.8, 4) is 0 Å². The van der Waals surface area contributed by atoms with Crippen LogP contribution >= 0.6 is 0 Å². The molecule has 1 N–H and O–H groups in total. The lowest BCUT2D eigenvalue weighted by Crippen LogP contribution is -2.01. The van der Waals surface area contributed by atoms with Crippen LogP contribution in [-0.4, -0.2) is 14.9 Å². The standard InChI is InChI=1S/C10H12N2O/c1-2-12-10(7-13)8-5-3-4-6-9(8)11-12/h3-6,13H,2,7H2,1H3. The van der Waals surface area contributed by atoms with Gasteiger partial charge >= 0.3 is 0 Å². The number of aliphatic hydroxyl groups is 1. The molecule has 3 heteroatoms. The van der Waals surface area contributed by atoms with Crippen LogP contribution in [-0.2, 0) is 13.2 Å². The highest BCUT2D eigenvalue weighted by atomic mass is 16.3. The summed E-state index contributed by atoms with van der Waals surface area (Å²) in [5, 5.41) is 14.6. The maximum Gasteiger partial charge on any atom is 0.0927 e. The first kappa shape index (κ1) is 8.26. The summed E-state index contributed by atoms with van der Waals surface area (Å²) >= 11 is 0. The average molecular weight is 176 g/mol. The molecule has 3 nitrogen and oxygen atoms in total. The van der Waals surface area contributed by atoms with Gasteiger partial charge in [0.25, 0.3) is 0 Å². The summed E-state index contributed by atoms with van der Waals surface area (Å²) in [6.45, 7) is 2.87. The number of hydrogen-bond acceptors (Lipinski definition) is 2. The van der Waals surface area contributed by atoms with E-state index in [1.165, 1.54) is 0 Å². The fraction of sp³-hybridized carbons (Fsp3) is 0.300. The van der Waals surface area contributed by atoms with E-state index in [0.717, 1.165) is 23.1 Å². The van der Waals surface area contributed by atoms with Gasteiger partial charge in [0.15, 0.2) is 0 Å². The second-order valence-corrected chi connectivity index (χ2v) is 2.94. The molecule has 0 saturated heterocycles. The first-order valence-electron chi connectivity index (χ1n) is 4.42. The molecule has 0 unspecified atom stereocenters. The van der Waals surface area contributed by atoms with Gasteiger partial charge in [-0.05, 0) is 13.0 Å². The highest BCUT2D eigenvalue weighted by Crippen LogP contribution is 2.17. The van der Waals surface area contributed by atoms with E-state index in [4.69, 9.17) is 0 Å². The third kappa shape index (κ3) is 1.21. The van der Waals surface area contributed by atoms with Crippen LogP contribution in [0.2, 0.25) is 0 Å². The Labute approximate surface area is 76.6 Å². The number of hydrogen-bond donors (Lipinski definition) is 1. The molecule has 0 aliphatic rings. The molecule has 0 amide bonds. The monoisotopic (exact) mass is 176 g/mol. The van der Waals surface area contributed by atoms with E-state index in [9.17, 15) is 5.11 Å². The fourth-order valence-electron chi connectivity index (χ4n) is 1.56. The Kier molecular flexibility index (Phi) is 2.02. The normalized spacial score (nSPS) is 10.9. The van der Waals surface area contributed by atoms with Crippen LogP contribution in [0.1, 0.15) is 12.6 Å². The topological polar surface area (TPSA) is 38.0 Å². The highest BCUT2D eigenvalue weighted by molar-refractivity contribution is 5.81. The Morgan fingerprint density at radius 1 is 1.38 bits per heavy atom. The Morgan fingerprint density at radius 2 is 2.15 bits per heavy atom. The van der Waals surface area contributed by atoms with Crippen molar-refractivity contribution in [2.45, 2.75) is 20.1 Å². The Balaban J connectivity index is 2.73. The zero-order chi connectivity index (χ0) is 9.26. The fourth-order valence-corrected chi connectivity index (χ4v) is 1.56. The third-order valence-electron chi connectivity index (χ3n) is 2.20. The van der Waals surface area contributed by atoms with Gasteiger partial charge in [-0.3, -0.25) is 4.68 Å². The van der Waals surface area contributed by atoms with Crippen molar-refractivity contribution in [3.05, 3.63) is 30.0 Å². The van der Waals surface area contributed by atoms with Gasteiger partial charge in [-0.1, -0.05) is 18.2 Å². The second kappa shape index (κ2) is 3.18. The molecule has 0 aliphatic carbocycles. The van der Waals surface area contributed by atoms with Crippen molar-refractivity contribution in [2.24, 2.45) is 0 Å². The summed E-state index contributed by atoms with van der Waals surface area (Å²) in [6, 6.07) is 7.86. The molecule has 2 rings (SSSR count). The molecule has 0 bridgehead atoms. The molecule has 1 heterocycles. The summed E-state index contributed by atoms with van der Waals surface area (Å²) in [5.74, 6) is 0. The molecule has 0 radical (unpaired) electrons. The number of fused-ring (bicyclic) bond motifs is 1. The van der Waals surface area contributed by atoms with Crippen molar-refractivity contribution < 1.29 is 5.11 Å². The molecular formula is C10H12N2O. The molecule has 0 aliphatic heterocycles. The smallest absolute Gasteiger partial charge is 0.0927 e. The van der Waals surface area contributed by atoms with Gasteiger partial charge in [0.2, 0.25) is 0 Å². The Morgan fingerprint density at radius 3 is 2.85 bits per heavy atom. The number of nitrogens with zero attached hydrogens (tertiary/aromatic N) is 2. The van der Waals surface area contributed by atoms with Crippen LogP contribution in [0.4, 0.5) is 0 Å². The minimum absolute atomic E-state index is 0.0500. The molecular weight excluding hydrogens is 164 g/mol. The quantitative estimate of drug-likeness (QED) is 0.753. The summed E-state index contributed by atoms with van der Waals surface area (Å²) in [6.07, 6.45) is 0. The van der Waals surface area contributed by atoms with E-state index < -0.39 is 0 Å². The lowest BCUT2D eigenvalue weighted by molar-refractivity contribution is 0.270. The Hall–Kier alpha value is -1.35. The molecule has 2 aromatic rings. The number of aliphatic hydroxyl groups excluding tert-OH is 1. The largest absolute Gasteiger partial charge is 0.390 e. The van der Waals surface area contributed by atoms with Gasteiger partial charge in [0, 0.05) is 11.9 Å². The first-order valence-corrected chi connectivity index (χ1v) is 4.42. The van der Waals surface area contributed by atoms with E-state index in [0.29, 0.717) is 0 Å². The van der Waals surface area contributed by atoms with Crippen molar-refractivity contribution in [2.75, 3.05) is 0 Å². The zero-order valence-electron chi connectivity index (χ0n) is 7.57. The highest BCUT2D eigenvalue weighted by Gasteiger charge is 2.07. The summed E-state index contributed by atoms with van der Waals surface area (Å²) in [7, 11) is 0. The van der Waals surface area contributed by atoms with Crippen LogP contribution in [0.5, 0.6) is 0 Å². The molecule has 0 atom stereocenters. The molecule has 0 saturated carbocycles. The average Bonchev–Trinajstić information content (AvgIpc) is 2.55. The lowest BCUT2D eigenvalue weighted by Gasteiger charge is -1.99. The van der Waals surface area contributed by atoms with Crippen LogP contribution in [0.25, 0.3) is 10.9 Å². The van der Waals surface area contributed by atoms with Crippen molar-refractivity contribution in [1.82, 2.24) is 9.78 Å². The molecule has 1 aromatic heterocycles. The minimum atomic E-state index is 0.0500. The molecule has 68 valence electrons. The van der Waals surface area contributed by atoms with Crippen LogP contribution in [0.3, 0.4) is 0 Å². The summed E-state index contributed by atoms with van der Waals surface area (Å²) in [4.78, 5) is 0. The number of aromatic nitrogens is 2. The zero-order valence-corrected chi connectivity index (χ0v) is 7.57. The van der Waals surface area contributed by atoms with Gasteiger partial charge in [0.1, 0.15) is 0 Å². The molecule has 1 aromatic carbocycles. The first-order chi connectivity index (χ1) is 6.36. The van der Waals surface area contributed by atoms with Gasteiger partial charge in [-0.25, -0.2) is 0 Å². The van der Waals surface area contributed by atoms with Crippen LogP contribution < -0.4 is 0 Å². The van der Waals surface area contributed by atoms with Crippen molar-refractivity contribution in [3.63, 3.8) is 0 Å². The van der Waals surface area contributed by atoms with Crippen LogP contribution in [0.15, 0.2) is 24.3 Å². The van der Waals surface area contributed by atoms with E-state index in [1.54, 1.807) is 0 Å². The maximum atomic E-state index is 9.18. The maximum absolute atomic E-state index is 9.18. The van der Waals surface area contributed by atoms with Gasteiger partial charge in [-0.15, -0.1) is 0 Å². The van der Waals surface area contributed by atoms with E-state index in [2.05, 4.69) is 5.10 Å². The SMILES string of the molecule is CCn1nc2ccccc2c1CO. The predicted octanol–water partition coefficient (Wildman–Crippen LogP) is 1.55. The van der Waals surface area contributed by atoms with Gasteiger partial charge in [0.05, 0.1) is 17.8 Å². The van der Waals surface area contributed by atoms with Crippen molar-refractivity contribution >= 4 is 10.9 Å². The summed E-state index contributed by atoms with van der Waals surface area (Å²) in [5.41, 5.74) is 1.85. The van der Waals surface area contributed by atoms with E-state index in [1.807, 2.05) is 35.9 Å². The van der Waals surface area contributed by atoms with Crippen LogP contribution in [0, 0.1) is 0 Å². The van der Waals surface area contributed by atoms with Gasteiger partial charge < -0.3 is 5.11 Å².